The first-order valence-electron chi connectivity index (χ1n) is 7.51. The van der Waals surface area contributed by atoms with Gasteiger partial charge < -0.3 is 4.90 Å². The minimum Gasteiger partial charge on any atom is -0.333 e. The number of fused-ring (bicyclic) bond motifs is 1. The first kappa shape index (κ1) is 15.0. The standard InChI is InChI=1S/C18H17N3O2/c1-2-21(12-13-8-4-3-5-9-13)18(23)16-14-10-6-7-11-15(14)17(22)20-19-16/h3-11H,2,12H2,1H3,(H,20,22). The quantitative estimate of drug-likeness (QED) is 0.805. The number of hydrogen-bond donors (Lipinski definition) is 1. The van der Waals surface area contributed by atoms with Crippen LogP contribution in [0.5, 0.6) is 0 Å². The molecule has 1 heterocycles. The number of nitrogens with one attached hydrogen (secondary N) is 1. The number of aromatic nitrogens is 2. The Kier molecular flexibility index (Phi) is 4.19. The van der Waals surface area contributed by atoms with Crippen molar-refractivity contribution in [2.75, 3.05) is 6.54 Å². The third kappa shape index (κ3) is 2.99. The van der Waals surface area contributed by atoms with E-state index >= 15 is 0 Å². The van der Waals surface area contributed by atoms with Crippen LogP contribution in [0.4, 0.5) is 0 Å². The summed E-state index contributed by atoms with van der Waals surface area (Å²) < 4.78 is 0. The van der Waals surface area contributed by atoms with Gasteiger partial charge in [-0.1, -0.05) is 48.5 Å². The van der Waals surface area contributed by atoms with E-state index in [-0.39, 0.29) is 17.2 Å². The largest absolute Gasteiger partial charge is 0.333 e. The highest BCUT2D eigenvalue weighted by Crippen LogP contribution is 2.15. The normalized spacial score (nSPS) is 10.7. The van der Waals surface area contributed by atoms with Gasteiger partial charge in [0, 0.05) is 18.5 Å². The van der Waals surface area contributed by atoms with Crippen LogP contribution >= 0.6 is 0 Å². The summed E-state index contributed by atoms with van der Waals surface area (Å²) in [7, 11) is 0. The minimum absolute atomic E-state index is 0.191. The van der Waals surface area contributed by atoms with Gasteiger partial charge in [-0.2, -0.15) is 5.10 Å². The SMILES string of the molecule is CCN(Cc1ccccc1)C(=O)c1n[nH]c(=O)c2ccccc12. The molecule has 0 unspecified atom stereocenters. The molecule has 0 radical (unpaired) electrons. The van der Waals surface area contributed by atoms with E-state index in [1.165, 1.54) is 0 Å². The summed E-state index contributed by atoms with van der Waals surface area (Å²) >= 11 is 0. The molecule has 0 aliphatic carbocycles. The Hall–Kier alpha value is -2.95. The molecule has 23 heavy (non-hydrogen) atoms. The summed E-state index contributed by atoms with van der Waals surface area (Å²) in [6.07, 6.45) is 0. The third-order valence-electron chi connectivity index (χ3n) is 3.78. The molecule has 1 N–H and O–H groups in total. The molecule has 1 aromatic heterocycles. The minimum atomic E-state index is -0.289. The van der Waals surface area contributed by atoms with Crippen molar-refractivity contribution in [1.82, 2.24) is 15.1 Å². The predicted octanol–water partition coefficient (Wildman–Crippen LogP) is 2.59. The summed E-state index contributed by atoms with van der Waals surface area (Å²) in [5.74, 6) is -0.191. The summed E-state index contributed by atoms with van der Waals surface area (Å²) in [6, 6.07) is 16.8. The second kappa shape index (κ2) is 6.44. The topological polar surface area (TPSA) is 66.1 Å². The van der Waals surface area contributed by atoms with Crippen LogP contribution in [-0.2, 0) is 6.54 Å². The molecular formula is C18H17N3O2. The van der Waals surface area contributed by atoms with E-state index in [1.807, 2.05) is 37.3 Å². The molecule has 3 aromatic rings. The Bertz CT molecular complexity index is 887. The number of amides is 1. The van der Waals surface area contributed by atoms with Crippen molar-refractivity contribution in [2.24, 2.45) is 0 Å². The summed E-state index contributed by atoms with van der Waals surface area (Å²) in [6.45, 7) is 2.99. The van der Waals surface area contributed by atoms with Crippen molar-refractivity contribution in [3.63, 3.8) is 0 Å². The lowest BCUT2D eigenvalue weighted by atomic mass is 10.1. The van der Waals surface area contributed by atoms with Crippen LogP contribution < -0.4 is 5.56 Å². The number of rotatable bonds is 4. The molecule has 0 atom stereocenters. The predicted molar refractivity (Wildman–Crippen MR) is 89.2 cm³/mol. The highest BCUT2D eigenvalue weighted by Gasteiger charge is 2.19. The number of H-pyrrole nitrogens is 1. The molecule has 0 saturated heterocycles. The molecule has 0 bridgehead atoms. The summed E-state index contributed by atoms with van der Waals surface area (Å²) in [5, 5.41) is 7.45. The molecule has 0 fully saturated rings. The van der Waals surface area contributed by atoms with Crippen molar-refractivity contribution in [3.05, 3.63) is 76.2 Å². The highest BCUT2D eigenvalue weighted by molar-refractivity contribution is 6.04. The zero-order valence-corrected chi connectivity index (χ0v) is 12.8. The number of benzene rings is 2. The molecule has 1 amide bonds. The van der Waals surface area contributed by atoms with E-state index in [0.717, 1.165) is 5.56 Å². The average Bonchev–Trinajstić information content (AvgIpc) is 2.60. The molecule has 0 saturated carbocycles. The van der Waals surface area contributed by atoms with Gasteiger partial charge in [0.25, 0.3) is 11.5 Å². The molecule has 116 valence electrons. The van der Waals surface area contributed by atoms with Gasteiger partial charge in [-0.05, 0) is 18.6 Å². The Morgan fingerprint density at radius 2 is 1.70 bits per heavy atom. The lowest BCUT2D eigenvalue weighted by molar-refractivity contribution is 0.0747. The van der Waals surface area contributed by atoms with Crippen LogP contribution in [0.25, 0.3) is 10.8 Å². The second-order valence-electron chi connectivity index (χ2n) is 5.25. The van der Waals surface area contributed by atoms with E-state index in [0.29, 0.717) is 23.9 Å². The number of hydrogen-bond acceptors (Lipinski definition) is 3. The van der Waals surface area contributed by atoms with E-state index in [2.05, 4.69) is 10.2 Å². The average molecular weight is 307 g/mol. The van der Waals surface area contributed by atoms with Crippen molar-refractivity contribution in [3.8, 4) is 0 Å². The molecule has 3 rings (SSSR count). The van der Waals surface area contributed by atoms with Crippen molar-refractivity contribution in [2.45, 2.75) is 13.5 Å². The first-order chi connectivity index (χ1) is 11.2. The van der Waals surface area contributed by atoms with Gasteiger partial charge in [-0.15, -0.1) is 0 Å². The van der Waals surface area contributed by atoms with Crippen LogP contribution in [0.3, 0.4) is 0 Å². The molecule has 0 aliphatic heterocycles. The van der Waals surface area contributed by atoms with Gasteiger partial charge in [-0.25, -0.2) is 5.10 Å². The molecule has 0 spiro atoms. The fourth-order valence-electron chi connectivity index (χ4n) is 2.56. The number of carbonyl (C=O) groups is 1. The van der Waals surface area contributed by atoms with Gasteiger partial charge >= 0.3 is 0 Å². The van der Waals surface area contributed by atoms with Gasteiger partial charge in [0.05, 0.1) is 5.39 Å². The van der Waals surface area contributed by atoms with Crippen LogP contribution in [0.2, 0.25) is 0 Å². The van der Waals surface area contributed by atoms with Gasteiger partial charge in [0.15, 0.2) is 5.69 Å². The molecule has 0 aliphatic rings. The van der Waals surface area contributed by atoms with Gasteiger partial charge in [-0.3, -0.25) is 9.59 Å². The Labute approximate surface area is 133 Å². The first-order valence-corrected chi connectivity index (χ1v) is 7.51. The van der Waals surface area contributed by atoms with Crippen molar-refractivity contribution >= 4 is 16.7 Å². The van der Waals surface area contributed by atoms with E-state index in [1.54, 1.807) is 29.2 Å². The molecular weight excluding hydrogens is 290 g/mol. The fraction of sp³-hybridized carbons (Fsp3) is 0.167. The summed E-state index contributed by atoms with van der Waals surface area (Å²) in [5.41, 5.74) is 1.04. The molecule has 2 aromatic carbocycles. The monoisotopic (exact) mass is 307 g/mol. The summed E-state index contributed by atoms with van der Waals surface area (Å²) in [4.78, 5) is 26.4. The van der Waals surface area contributed by atoms with Crippen molar-refractivity contribution < 1.29 is 4.79 Å². The Morgan fingerprint density at radius 3 is 2.39 bits per heavy atom. The molecule has 5 heteroatoms. The smallest absolute Gasteiger partial charge is 0.275 e. The fourth-order valence-corrected chi connectivity index (χ4v) is 2.56. The number of aromatic amines is 1. The molecule has 5 nitrogen and oxygen atoms in total. The van der Waals surface area contributed by atoms with Crippen molar-refractivity contribution in [1.29, 1.82) is 0 Å². The van der Waals surface area contributed by atoms with Crippen LogP contribution in [0.1, 0.15) is 23.0 Å². The Morgan fingerprint density at radius 1 is 1.04 bits per heavy atom. The lowest BCUT2D eigenvalue weighted by Gasteiger charge is -2.21. The highest BCUT2D eigenvalue weighted by atomic mass is 16.2. The maximum Gasteiger partial charge on any atom is 0.275 e. The van der Waals surface area contributed by atoms with Gasteiger partial charge in [0.2, 0.25) is 0 Å². The second-order valence-corrected chi connectivity index (χ2v) is 5.25. The van der Waals surface area contributed by atoms with Gasteiger partial charge in [0.1, 0.15) is 0 Å². The Balaban J connectivity index is 1.99. The maximum absolute atomic E-state index is 12.8. The number of carbonyl (C=O) groups excluding carboxylic acids is 1. The van der Waals surface area contributed by atoms with Crippen LogP contribution in [0, 0.1) is 0 Å². The zero-order chi connectivity index (χ0) is 16.2. The lowest BCUT2D eigenvalue weighted by Crippen LogP contribution is -2.32. The van der Waals surface area contributed by atoms with Crippen LogP contribution in [0.15, 0.2) is 59.4 Å². The maximum atomic E-state index is 12.8. The van der Waals surface area contributed by atoms with E-state index in [9.17, 15) is 9.59 Å². The number of nitrogens with zero attached hydrogens (tertiary/aromatic N) is 2. The third-order valence-corrected chi connectivity index (χ3v) is 3.78. The van der Waals surface area contributed by atoms with E-state index < -0.39 is 0 Å². The zero-order valence-electron chi connectivity index (χ0n) is 12.8. The van der Waals surface area contributed by atoms with Crippen LogP contribution in [-0.4, -0.2) is 27.5 Å². The van der Waals surface area contributed by atoms with E-state index in [4.69, 9.17) is 0 Å².